The first-order valence-electron chi connectivity index (χ1n) is 5.70. The Hall–Kier alpha value is -0.960. The zero-order valence-electron chi connectivity index (χ0n) is 10.00. The first kappa shape index (κ1) is 12.5. The van der Waals surface area contributed by atoms with Crippen molar-refractivity contribution in [3.8, 4) is 0 Å². The number of carbonyl (C=O) groups is 2. The van der Waals surface area contributed by atoms with E-state index >= 15 is 0 Å². The van der Waals surface area contributed by atoms with Gasteiger partial charge in [0, 0.05) is 16.5 Å². The van der Waals surface area contributed by atoms with Crippen LogP contribution in [0.2, 0.25) is 0 Å². The van der Waals surface area contributed by atoms with Crippen molar-refractivity contribution in [3.05, 3.63) is 35.4 Å². The molecule has 2 nitrogen and oxygen atoms in total. The topological polar surface area (TPSA) is 34.1 Å². The molecule has 1 aromatic rings. The zero-order valence-corrected chi connectivity index (χ0v) is 11.6. The van der Waals surface area contributed by atoms with Crippen molar-refractivity contribution in [2.45, 2.75) is 20.3 Å². The number of rotatable bonds is 3. The maximum Gasteiger partial charge on any atom is 0.174 e. The van der Waals surface area contributed by atoms with E-state index in [9.17, 15) is 9.59 Å². The minimum absolute atomic E-state index is 0.0142. The number of carbonyl (C=O) groups excluding carboxylic acids is 2. The normalized spacial score (nSPS) is 16.4. The van der Waals surface area contributed by atoms with Gasteiger partial charge in [-0.1, -0.05) is 54.0 Å². The molecular weight excluding hydrogens is 280 g/mol. The van der Waals surface area contributed by atoms with Crippen LogP contribution < -0.4 is 0 Å². The molecule has 0 bridgehead atoms. The minimum atomic E-state index is -0.486. The van der Waals surface area contributed by atoms with E-state index in [-0.39, 0.29) is 17.0 Å². The first-order valence-corrected chi connectivity index (χ1v) is 6.82. The summed E-state index contributed by atoms with van der Waals surface area (Å²) in [5.41, 5.74) is 1.14. The second-order valence-corrected chi connectivity index (χ2v) is 5.89. The summed E-state index contributed by atoms with van der Waals surface area (Å²) in [6.45, 7) is 4.12. The molecule has 0 atom stereocenters. The molecule has 0 aromatic heterocycles. The number of halogens is 1. The Morgan fingerprint density at radius 3 is 2.00 bits per heavy atom. The summed E-state index contributed by atoms with van der Waals surface area (Å²) in [4.78, 5) is 24.3. The molecule has 0 heterocycles. The molecule has 0 unspecified atom stereocenters. The summed E-state index contributed by atoms with van der Waals surface area (Å²) in [6, 6.07) is 7.11. The van der Waals surface area contributed by atoms with Crippen LogP contribution in [0.3, 0.4) is 0 Å². The lowest BCUT2D eigenvalue weighted by Gasteiger charge is -2.23. The van der Waals surface area contributed by atoms with Crippen molar-refractivity contribution < 1.29 is 9.59 Å². The van der Waals surface area contributed by atoms with Crippen molar-refractivity contribution in [3.63, 3.8) is 0 Å². The highest BCUT2D eigenvalue weighted by Crippen LogP contribution is 2.35. The number of benzene rings is 1. The summed E-state index contributed by atoms with van der Waals surface area (Å²) in [6.07, 6.45) is 0.602. The molecule has 0 fully saturated rings. The largest absolute Gasteiger partial charge is 0.293 e. The monoisotopic (exact) mass is 294 g/mol. The Morgan fingerprint density at radius 1 is 1.12 bits per heavy atom. The van der Waals surface area contributed by atoms with Crippen molar-refractivity contribution in [2.75, 3.05) is 5.33 Å². The summed E-state index contributed by atoms with van der Waals surface area (Å²) < 4.78 is 0. The molecule has 0 aliphatic heterocycles. The maximum absolute atomic E-state index is 12.2. The van der Waals surface area contributed by atoms with Gasteiger partial charge in [-0.15, -0.1) is 0 Å². The molecule has 17 heavy (non-hydrogen) atoms. The van der Waals surface area contributed by atoms with Gasteiger partial charge in [0.1, 0.15) is 0 Å². The quantitative estimate of drug-likeness (QED) is 0.632. The third kappa shape index (κ3) is 2.21. The lowest BCUT2D eigenvalue weighted by atomic mass is 9.82. The van der Waals surface area contributed by atoms with Crippen LogP contribution in [0.25, 0.3) is 0 Å². The van der Waals surface area contributed by atoms with E-state index in [1.807, 2.05) is 12.1 Å². The second kappa shape index (κ2) is 4.37. The molecule has 1 aromatic carbocycles. The van der Waals surface area contributed by atoms with Crippen LogP contribution in [0, 0.1) is 11.3 Å². The van der Waals surface area contributed by atoms with Crippen LogP contribution in [0.4, 0.5) is 0 Å². The fraction of sp³-hybridized carbons (Fsp3) is 0.429. The number of ketones is 2. The Kier molecular flexibility index (Phi) is 3.21. The summed E-state index contributed by atoms with van der Waals surface area (Å²) in [5, 5.41) is 0.785. The fourth-order valence-electron chi connectivity index (χ4n) is 2.20. The molecule has 1 aliphatic carbocycles. The lowest BCUT2D eigenvalue weighted by molar-refractivity contribution is 0.0799. The van der Waals surface area contributed by atoms with E-state index in [0.717, 1.165) is 5.33 Å². The Balaban J connectivity index is 2.31. The van der Waals surface area contributed by atoms with Crippen LogP contribution in [-0.4, -0.2) is 16.9 Å². The third-order valence-electron chi connectivity index (χ3n) is 3.21. The molecule has 0 saturated heterocycles. The van der Waals surface area contributed by atoms with Crippen LogP contribution >= 0.6 is 15.9 Å². The number of alkyl halides is 1. The van der Waals surface area contributed by atoms with Gasteiger partial charge >= 0.3 is 0 Å². The molecule has 1 aliphatic rings. The van der Waals surface area contributed by atoms with Gasteiger partial charge in [-0.3, -0.25) is 9.59 Å². The molecular formula is C14H15BrO2. The van der Waals surface area contributed by atoms with E-state index < -0.39 is 5.92 Å². The molecule has 0 saturated carbocycles. The molecule has 0 amide bonds. The van der Waals surface area contributed by atoms with Gasteiger partial charge in [0.25, 0.3) is 0 Å². The number of hydrogen-bond donors (Lipinski definition) is 0. The Bertz CT molecular complexity index is 442. The lowest BCUT2D eigenvalue weighted by Crippen LogP contribution is -2.25. The highest BCUT2D eigenvalue weighted by molar-refractivity contribution is 9.09. The van der Waals surface area contributed by atoms with E-state index in [1.54, 1.807) is 12.1 Å². The molecule has 3 heteroatoms. The first-order chi connectivity index (χ1) is 7.96. The van der Waals surface area contributed by atoms with Crippen LogP contribution in [0.1, 0.15) is 41.0 Å². The summed E-state index contributed by atoms with van der Waals surface area (Å²) in [7, 11) is 0. The van der Waals surface area contributed by atoms with Crippen LogP contribution in [0.5, 0.6) is 0 Å². The number of fused-ring (bicyclic) bond motifs is 1. The predicted octanol–water partition coefficient (Wildman–Crippen LogP) is 3.49. The average Bonchev–Trinajstić information content (AvgIpc) is 2.55. The van der Waals surface area contributed by atoms with Crippen molar-refractivity contribution >= 4 is 27.5 Å². The van der Waals surface area contributed by atoms with E-state index in [1.165, 1.54) is 0 Å². The van der Waals surface area contributed by atoms with E-state index in [0.29, 0.717) is 17.5 Å². The summed E-state index contributed by atoms with van der Waals surface area (Å²) >= 11 is 3.43. The molecule has 0 spiro atoms. The van der Waals surface area contributed by atoms with Crippen LogP contribution in [-0.2, 0) is 0 Å². The SMILES string of the molecule is CC(C)(CBr)CC1C(=O)c2ccccc2C1=O. The predicted molar refractivity (Wildman–Crippen MR) is 70.8 cm³/mol. The average molecular weight is 295 g/mol. The van der Waals surface area contributed by atoms with E-state index in [4.69, 9.17) is 0 Å². The smallest absolute Gasteiger partial charge is 0.174 e. The number of Topliss-reactive ketones (excluding diaryl/α,β-unsaturated/α-hetero) is 2. The van der Waals surface area contributed by atoms with Gasteiger partial charge in [-0.2, -0.15) is 0 Å². The minimum Gasteiger partial charge on any atom is -0.293 e. The fourth-order valence-corrected chi connectivity index (χ4v) is 2.43. The van der Waals surface area contributed by atoms with Gasteiger partial charge in [0.05, 0.1) is 5.92 Å². The van der Waals surface area contributed by atoms with Crippen LogP contribution in [0.15, 0.2) is 24.3 Å². The zero-order chi connectivity index (χ0) is 12.6. The van der Waals surface area contributed by atoms with Crippen molar-refractivity contribution in [2.24, 2.45) is 11.3 Å². The van der Waals surface area contributed by atoms with Crippen molar-refractivity contribution in [1.82, 2.24) is 0 Å². The Labute approximate surface area is 110 Å². The highest BCUT2D eigenvalue weighted by atomic mass is 79.9. The molecule has 0 N–H and O–H groups in total. The number of hydrogen-bond acceptors (Lipinski definition) is 2. The standard InChI is InChI=1S/C14H15BrO2/c1-14(2,8-15)7-11-12(16)9-5-3-4-6-10(9)13(11)17/h3-6,11H,7-8H2,1-2H3. The Morgan fingerprint density at radius 2 is 1.59 bits per heavy atom. The van der Waals surface area contributed by atoms with Gasteiger partial charge in [0.2, 0.25) is 0 Å². The highest BCUT2D eigenvalue weighted by Gasteiger charge is 2.40. The van der Waals surface area contributed by atoms with Crippen molar-refractivity contribution in [1.29, 1.82) is 0 Å². The molecule has 2 rings (SSSR count). The molecule has 0 radical (unpaired) electrons. The summed E-state index contributed by atoms with van der Waals surface area (Å²) in [5.74, 6) is -0.515. The van der Waals surface area contributed by atoms with Gasteiger partial charge < -0.3 is 0 Å². The maximum atomic E-state index is 12.2. The van der Waals surface area contributed by atoms with E-state index in [2.05, 4.69) is 29.8 Å². The third-order valence-corrected chi connectivity index (χ3v) is 4.73. The van der Waals surface area contributed by atoms with Gasteiger partial charge in [-0.05, 0) is 11.8 Å². The van der Waals surface area contributed by atoms with Gasteiger partial charge in [0.15, 0.2) is 11.6 Å². The van der Waals surface area contributed by atoms with Gasteiger partial charge in [-0.25, -0.2) is 0 Å². The molecule has 90 valence electrons. The second-order valence-electron chi connectivity index (χ2n) is 5.33.